The Morgan fingerprint density at radius 1 is 1.23 bits per heavy atom. The predicted molar refractivity (Wildman–Crippen MR) is 100 cm³/mol. The molecule has 0 aromatic carbocycles. The predicted octanol–water partition coefficient (Wildman–Crippen LogP) is 2.96. The van der Waals surface area contributed by atoms with Gasteiger partial charge in [0.1, 0.15) is 11.5 Å². The Bertz CT molecular complexity index is 873. The number of aromatic nitrogens is 5. The van der Waals surface area contributed by atoms with Gasteiger partial charge in [-0.15, -0.1) is 0 Å². The van der Waals surface area contributed by atoms with E-state index < -0.39 is 0 Å². The summed E-state index contributed by atoms with van der Waals surface area (Å²) in [6.45, 7) is 5.06. The number of nitrogens with zero attached hydrogens (tertiary/aromatic N) is 6. The van der Waals surface area contributed by atoms with Crippen LogP contribution in [0.25, 0.3) is 11.5 Å². The van der Waals surface area contributed by atoms with Crippen molar-refractivity contribution in [2.24, 2.45) is 7.05 Å². The van der Waals surface area contributed by atoms with E-state index in [0.29, 0.717) is 5.92 Å². The quantitative estimate of drug-likeness (QED) is 0.725. The zero-order valence-electron chi connectivity index (χ0n) is 15.3. The molecule has 1 aliphatic rings. The van der Waals surface area contributed by atoms with E-state index in [0.717, 1.165) is 42.7 Å². The third-order valence-electron chi connectivity index (χ3n) is 4.96. The van der Waals surface area contributed by atoms with Crippen LogP contribution >= 0.6 is 0 Å². The fourth-order valence-electron chi connectivity index (χ4n) is 3.72. The van der Waals surface area contributed by atoms with E-state index in [2.05, 4.69) is 32.0 Å². The maximum Gasteiger partial charge on any atom is 0.158 e. The molecule has 3 aromatic rings. The summed E-state index contributed by atoms with van der Waals surface area (Å²) in [4.78, 5) is 20.5. The normalized spacial score (nSPS) is 18.2. The average Bonchev–Trinajstić information content (AvgIpc) is 3.08. The summed E-state index contributed by atoms with van der Waals surface area (Å²) in [5, 5.41) is 0. The summed E-state index contributed by atoms with van der Waals surface area (Å²) in [5.41, 5.74) is 3.30. The van der Waals surface area contributed by atoms with Gasteiger partial charge in [-0.05, 0) is 44.0 Å². The topological polar surface area (TPSA) is 59.7 Å². The molecule has 0 radical (unpaired) electrons. The lowest BCUT2D eigenvalue weighted by molar-refractivity contribution is 0.198. The molecule has 4 heterocycles. The fraction of sp³-hybridized carbons (Fsp3) is 0.400. The first-order valence-corrected chi connectivity index (χ1v) is 9.13. The number of piperidine rings is 1. The molecule has 0 amide bonds. The molecule has 6 heteroatoms. The highest BCUT2D eigenvalue weighted by Gasteiger charge is 2.24. The van der Waals surface area contributed by atoms with Crippen molar-refractivity contribution in [2.45, 2.75) is 32.2 Å². The van der Waals surface area contributed by atoms with Crippen LogP contribution in [0.4, 0.5) is 0 Å². The molecular formula is C20H24N6. The first-order valence-electron chi connectivity index (χ1n) is 9.13. The number of pyridine rings is 1. The maximum atomic E-state index is 4.75. The lowest BCUT2D eigenvalue weighted by Crippen LogP contribution is -2.34. The van der Waals surface area contributed by atoms with Crippen molar-refractivity contribution >= 4 is 0 Å². The van der Waals surface area contributed by atoms with Crippen LogP contribution in [0.1, 0.15) is 35.8 Å². The summed E-state index contributed by atoms with van der Waals surface area (Å²) in [6.07, 6.45) is 9.89. The minimum absolute atomic E-state index is 0.432. The van der Waals surface area contributed by atoms with Crippen LogP contribution < -0.4 is 0 Å². The largest absolute Gasteiger partial charge is 0.333 e. The molecule has 1 saturated heterocycles. The summed E-state index contributed by atoms with van der Waals surface area (Å²) in [7, 11) is 2.00. The fourth-order valence-corrected chi connectivity index (χ4v) is 3.72. The van der Waals surface area contributed by atoms with Gasteiger partial charge in [0.25, 0.3) is 0 Å². The van der Waals surface area contributed by atoms with Gasteiger partial charge in [-0.25, -0.2) is 15.0 Å². The van der Waals surface area contributed by atoms with Crippen LogP contribution in [-0.4, -0.2) is 42.5 Å². The van der Waals surface area contributed by atoms with E-state index in [1.165, 1.54) is 18.4 Å². The van der Waals surface area contributed by atoms with Crippen LogP contribution in [0.15, 0.2) is 43.0 Å². The zero-order chi connectivity index (χ0) is 17.9. The van der Waals surface area contributed by atoms with Gasteiger partial charge < -0.3 is 4.57 Å². The second-order valence-corrected chi connectivity index (χ2v) is 7.02. The molecule has 26 heavy (non-hydrogen) atoms. The molecule has 3 aromatic heterocycles. The number of rotatable bonds is 4. The third-order valence-corrected chi connectivity index (χ3v) is 4.96. The highest BCUT2D eigenvalue weighted by Crippen LogP contribution is 2.28. The number of likely N-dealkylation sites (tertiary alicyclic amines) is 1. The summed E-state index contributed by atoms with van der Waals surface area (Å²) in [6, 6.07) is 6.27. The van der Waals surface area contributed by atoms with Crippen LogP contribution in [0.2, 0.25) is 0 Å². The Labute approximate surface area is 154 Å². The van der Waals surface area contributed by atoms with Crippen molar-refractivity contribution in [3.05, 3.63) is 60.1 Å². The lowest BCUT2D eigenvalue weighted by Gasteiger charge is -2.32. The van der Waals surface area contributed by atoms with E-state index >= 15 is 0 Å². The zero-order valence-corrected chi connectivity index (χ0v) is 15.3. The van der Waals surface area contributed by atoms with Crippen molar-refractivity contribution in [1.29, 1.82) is 0 Å². The molecule has 1 aliphatic heterocycles. The van der Waals surface area contributed by atoms with Gasteiger partial charge in [0.05, 0.1) is 0 Å². The molecule has 0 N–H and O–H groups in total. The molecule has 0 aliphatic carbocycles. The SMILES string of the molecule is Cc1nc(-c2nccn2C)cc([C@H]2CCCN(Cc3cccnc3)C2)n1. The van der Waals surface area contributed by atoms with Crippen LogP contribution in [0.3, 0.4) is 0 Å². The molecule has 4 rings (SSSR count). The monoisotopic (exact) mass is 348 g/mol. The van der Waals surface area contributed by atoms with Crippen molar-refractivity contribution in [2.75, 3.05) is 13.1 Å². The van der Waals surface area contributed by atoms with E-state index in [1.807, 2.05) is 49.4 Å². The average molecular weight is 348 g/mol. The number of aryl methyl sites for hydroxylation is 2. The van der Waals surface area contributed by atoms with Gasteiger partial charge >= 0.3 is 0 Å². The van der Waals surface area contributed by atoms with Crippen molar-refractivity contribution in [3.63, 3.8) is 0 Å². The van der Waals surface area contributed by atoms with Crippen molar-refractivity contribution in [3.8, 4) is 11.5 Å². The molecule has 1 fully saturated rings. The molecule has 0 bridgehead atoms. The van der Waals surface area contributed by atoms with Gasteiger partial charge in [-0.3, -0.25) is 9.88 Å². The summed E-state index contributed by atoms with van der Waals surface area (Å²) in [5.74, 6) is 2.13. The molecule has 0 spiro atoms. The smallest absolute Gasteiger partial charge is 0.158 e. The highest BCUT2D eigenvalue weighted by molar-refractivity contribution is 5.50. The van der Waals surface area contributed by atoms with E-state index in [-0.39, 0.29) is 0 Å². The number of imidazole rings is 1. The van der Waals surface area contributed by atoms with Gasteiger partial charge in [0.15, 0.2) is 5.82 Å². The standard InChI is InChI=1S/C20H24N6/c1-15-23-18(11-19(24-15)20-22-8-10-25(20)2)17-6-4-9-26(14-17)13-16-5-3-7-21-12-16/h3,5,7-8,10-12,17H,4,6,9,13-14H2,1-2H3/t17-/m0/s1. The van der Waals surface area contributed by atoms with Gasteiger partial charge in [-0.2, -0.15) is 0 Å². The lowest BCUT2D eigenvalue weighted by atomic mass is 9.93. The Balaban J connectivity index is 1.55. The Morgan fingerprint density at radius 2 is 2.15 bits per heavy atom. The molecule has 0 saturated carbocycles. The first kappa shape index (κ1) is 16.8. The van der Waals surface area contributed by atoms with E-state index in [4.69, 9.17) is 4.98 Å². The number of hydrogen-bond acceptors (Lipinski definition) is 5. The van der Waals surface area contributed by atoms with Crippen LogP contribution in [0, 0.1) is 6.92 Å². The highest BCUT2D eigenvalue weighted by atomic mass is 15.1. The first-order chi connectivity index (χ1) is 12.7. The van der Waals surface area contributed by atoms with Crippen LogP contribution in [-0.2, 0) is 13.6 Å². The van der Waals surface area contributed by atoms with Gasteiger partial charge in [-0.1, -0.05) is 6.07 Å². The van der Waals surface area contributed by atoms with Crippen molar-refractivity contribution < 1.29 is 0 Å². The minimum Gasteiger partial charge on any atom is -0.333 e. The Morgan fingerprint density at radius 3 is 2.92 bits per heavy atom. The second-order valence-electron chi connectivity index (χ2n) is 7.02. The van der Waals surface area contributed by atoms with E-state index in [9.17, 15) is 0 Å². The minimum atomic E-state index is 0.432. The maximum absolute atomic E-state index is 4.75. The van der Waals surface area contributed by atoms with Crippen LogP contribution in [0.5, 0.6) is 0 Å². The Kier molecular flexibility index (Phi) is 4.75. The van der Waals surface area contributed by atoms with E-state index in [1.54, 1.807) is 0 Å². The summed E-state index contributed by atoms with van der Waals surface area (Å²) < 4.78 is 2.00. The van der Waals surface area contributed by atoms with Crippen molar-refractivity contribution in [1.82, 2.24) is 29.4 Å². The Hall–Kier alpha value is -2.60. The summed E-state index contributed by atoms with van der Waals surface area (Å²) >= 11 is 0. The van der Waals surface area contributed by atoms with Gasteiger partial charge in [0, 0.05) is 56.5 Å². The molecule has 134 valence electrons. The molecule has 6 nitrogen and oxygen atoms in total. The number of hydrogen-bond donors (Lipinski definition) is 0. The second kappa shape index (κ2) is 7.33. The molecule has 1 atom stereocenters. The van der Waals surface area contributed by atoms with Gasteiger partial charge in [0.2, 0.25) is 0 Å². The third kappa shape index (κ3) is 3.65. The molecular weight excluding hydrogens is 324 g/mol. The molecule has 0 unspecified atom stereocenters.